The number of nitrogens with zero attached hydrogens (tertiary/aromatic N) is 1. The first-order valence-electron chi connectivity index (χ1n) is 10.6. The van der Waals surface area contributed by atoms with Gasteiger partial charge in [0.05, 0.1) is 23.7 Å². The summed E-state index contributed by atoms with van der Waals surface area (Å²) in [7, 11) is 0. The molecule has 172 valence electrons. The lowest BCUT2D eigenvalue weighted by molar-refractivity contribution is -0.120. The van der Waals surface area contributed by atoms with Gasteiger partial charge in [0.1, 0.15) is 6.61 Å². The Hall–Kier alpha value is -2.64. The van der Waals surface area contributed by atoms with Gasteiger partial charge in [-0.25, -0.2) is 5.43 Å². The topological polar surface area (TPSA) is 59.9 Å². The number of rotatable bonds is 9. The molecule has 1 N–H and O–H groups in total. The summed E-state index contributed by atoms with van der Waals surface area (Å²) in [6.45, 7) is 6.83. The minimum atomic E-state index is -0.168. The third-order valence-corrected chi connectivity index (χ3v) is 6.00. The van der Waals surface area contributed by atoms with Gasteiger partial charge in [-0.15, -0.1) is 0 Å². The summed E-state index contributed by atoms with van der Waals surface area (Å²) in [6.07, 6.45) is 1.87. The van der Waals surface area contributed by atoms with Crippen LogP contribution in [0.15, 0.2) is 68.6 Å². The van der Waals surface area contributed by atoms with Gasteiger partial charge in [0, 0.05) is 4.47 Å². The lowest BCUT2D eigenvalue weighted by Crippen LogP contribution is -2.20. The van der Waals surface area contributed by atoms with E-state index in [1.807, 2.05) is 75.4 Å². The molecule has 0 fully saturated rings. The van der Waals surface area contributed by atoms with Gasteiger partial charge in [-0.1, -0.05) is 51.8 Å². The Morgan fingerprint density at radius 2 is 1.79 bits per heavy atom. The second-order valence-electron chi connectivity index (χ2n) is 7.58. The average Bonchev–Trinajstić information content (AvgIpc) is 2.77. The summed E-state index contributed by atoms with van der Waals surface area (Å²) in [4.78, 5) is 12.3. The van der Waals surface area contributed by atoms with E-state index in [4.69, 9.17) is 9.47 Å². The molecule has 0 bridgehead atoms. The van der Waals surface area contributed by atoms with Crippen molar-refractivity contribution in [1.82, 2.24) is 5.43 Å². The van der Waals surface area contributed by atoms with E-state index in [0.717, 1.165) is 36.8 Å². The lowest BCUT2D eigenvalue weighted by atomic mass is 10.0. The second-order valence-corrected chi connectivity index (χ2v) is 9.35. The summed E-state index contributed by atoms with van der Waals surface area (Å²) in [5.41, 5.74) is 7.63. The molecule has 0 atom stereocenters. The average molecular weight is 574 g/mol. The van der Waals surface area contributed by atoms with Gasteiger partial charge in [0.25, 0.3) is 0 Å². The van der Waals surface area contributed by atoms with E-state index in [1.165, 1.54) is 0 Å². The monoisotopic (exact) mass is 572 g/mol. The molecule has 0 aromatic heterocycles. The van der Waals surface area contributed by atoms with Crippen LogP contribution in [0.3, 0.4) is 0 Å². The first-order valence-corrected chi connectivity index (χ1v) is 12.2. The zero-order chi connectivity index (χ0) is 23.8. The van der Waals surface area contributed by atoms with Crippen LogP contribution in [0.1, 0.15) is 34.7 Å². The Balaban J connectivity index is 1.67. The Morgan fingerprint density at radius 1 is 1.03 bits per heavy atom. The lowest BCUT2D eigenvalue weighted by Gasteiger charge is -2.14. The van der Waals surface area contributed by atoms with Crippen molar-refractivity contribution in [3.8, 4) is 11.5 Å². The van der Waals surface area contributed by atoms with Crippen molar-refractivity contribution in [2.24, 2.45) is 5.10 Å². The molecule has 0 saturated heterocycles. The fraction of sp³-hybridized carbons (Fsp3) is 0.231. The molecule has 3 aromatic carbocycles. The number of carbonyl (C=O) groups excluding carboxylic acids is 1. The van der Waals surface area contributed by atoms with Crippen LogP contribution in [0.25, 0.3) is 0 Å². The van der Waals surface area contributed by atoms with Crippen LogP contribution in [-0.2, 0) is 17.8 Å². The summed E-state index contributed by atoms with van der Waals surface area (Å²) < 4.78 is 13.6. The summed E-state index contributed by atoms with van der Waals surface area (Å²) in [5, 5.41) is 4.12. The van der Waals surface area contributed by atoms with Crippen molar-refractivity contribution in [2.45, 2.75) is 33.8 Å². The molecule has 5 nitrogen and oxygen atoms in total. The van der Waals surface area contributed by atoms with Gasteiger partial charge in [0.15, 0.2) is 11.5 Å². The largest absolute Gasteiger partial charge is 0.490 e. The van der Waals surface area contributed by atoms with E-state index < -0.39 is 0 Å². The number of nitrogens with one attached hydrogen (secondary N) is 1. The van der Waals surface area contributed by atoms with Crippen LogP contribution < -0.4 is 14.9 Å². The number of amides is 1. The molecule has 1 amide bonds. The van der Waals surface area contributed by atoms with E-state index >= 15 is 0 Å². The van der Waals surface area contributed by atoms with Gasteiger partial charge in [-0.05, 0) is 83.2 Å². The fourth-order valence-electron chi connectivity index (χ4n) is 3.18. The van der Waals surface area contributed by atoms with Crippen LogP contribution in [0.5, 0.6) is 11.5 Å². The molecule has 0 aliphatic heterocycles. The van der Waals surface area contributed by atoms with Crippen molar-refractivity contribution < 1.29 is 14.3 Å². The first-order chi connectivity index (χ1) is 15.9. The number of benzene rings is 3. The Kier molecular flexibility index (Phi) is 9.09. The van der Waals surface area contributed by atoms with E-state index in [2.05, 4.69) is 42.4 Å². The van der Waals surface area contributed by atoms with Crippen LogP contribution >= 0.6 is 31.9 Å². The second kappa shape index (κ2) is 12.0. The SMILES string of the molecule is CCOc1cc(/C=N/NC(=O)Cc2cc(C)ccc2C)cc(Br)c1OCc1ccc(Br)cc1. The van der Waals surface area contributed by atoms with Crippen LogP contribution in [0.4, 0.5) is 0 Å². The predicted molar refractivity (Wildman–Crippen MR) is 139 cm³/mol. The maximum absolute atomic E-state index is 12.3. The standard InChI is InChI=1S/C26H26Br2N2O3/c1-4-32-24-13-20(12-23(28)26(24)33-16-19-7-9-22(27)10-8-19)15-29-30-25(31)14-21-11-17(2)5-6-18(21)3/h5-13,15H,4,14,16H2,1-3H3,(H,30,31)/b29-15+. The molecule has 33 heavy (non-hydrogen) atoms. The summed E-state index contributed by atoms with van der Waals surface area (Å²) >= 11 is 7.01. The van der Waals surface area contributed by atoms with Gasteiger partial charge in [-0.2, -0.15) is 5.10 Å². The number of halogens is 2. The normalized spacial score (nSPS) is 10.9. The zero-order valence-electron chi connectivity index (χ0n) is 18.8. The van der Waals surface area contributed by atoms with Crippen LogP contribution in [0.2, 0.25) is 0 Å². The molecular formula is C26H26Br2N2O3. The minimum Gasteiger partial charge on any atom is -0.490 e. The van der Waals surface area contributed by atoms with Gasteiger partial charge < -0.3 is 9.47 Å². The third-order valence-electron chi connectivity index (χ3n) is 4.89. The van der Waals surface area contributed by atoms with E-state index in [0.29, 0.717) is 24.7 Å². The Labute approximate surface area is 211 Å². The Morgan fingerprint density at radius 3 is 2.52 bits per heavy atom. The fourth-order valence-corrected chi connectivity index (χ4v) is 4.02. The highest BCUT2D eigenvalue weighted by Crippen LogP contribution is 2.37. The molecule has 3 rings (SSSR count). The zero-order valence-corrected chi connectivity index (χ0v) is 22.0. The third kappa shape index (κ3) is 7.44. The van der Waals surface area contributed by atoms with Gasteiger partial charge >= 0.3 is 0 Å². The molecule has 0 unspecified atom stereocenters. The molecule has 0 spiro atoms. The highest BCUT2D eigenvalue weighted by molar-refractivity contribution is 9.10. The van der Waals surface area contributed by atoms with Crippen molar-refractivity contribution in [3.63, 3.8) is 0 Å². The smallest absolute Gasteiger partial charge is 0.244 e. The summed E-state index contributed by atoms with van der Waals surface area (Å²) in [5.74, 6) is 1.06. The van der Waals surface area contributed by atoms with E-state index in [1.54, 1.807) is 6.21 Å². The quantitative estimate of drug-likeness (QED) is 0.235. The molecule has 0 saturated carbocycles. The van der Waals surface area contributed by atoms with Crippen molar-refractivity contribution in [3.05, 3.63) is 91.4 Å². The maximum Gasteiger partial charge on any atom is 0.244 e. The number of hydrazone groups is 1. The van der Waals surface area contributed by atoms with Gasteiger partial charge in [-0.3, -0.25) is 4.79 Å². The molecule has 0 heterocycles. The first kappa shape index (κ1) is 25.0. The predicted octanol–water partition coefficient (Wildman–Crippen LogP) is 6.50. The van der Waals surface area contributed by atoms with Crippen LogP contribution in [-0.4, -0.2) is 18.7 Å². The number of aryl methyl sites for hydroxylation is 2. The van der Waals surface area contributed by atoms with Crippen molar-refractivity contribution in [2.75, 3.05) is 6.61 Å². The number of hydrogen-bond acceptors (Lipinski definition) is 4. The van der Waals surface area contributed by atoms with Crippen molar-refractivity contribution in [1.29, 1.82) is 0 Å². The van der Waals surface area contributed by atoms with Crippen molar-refractivity contribution >= 4 is 44.0 Å². The number of hydrogen-bond donors (Lipinski definition) is 1. The van der Waals surface area contributed by atoms with E-state index in [9.17, 15) is 4.79 Å². The molecular weight excluding hydrogens is 548 g/mol. The molecule has 3 aromatic rings. The van der Waals surface area contributed by atoms with Crippen LogP contribution in [0, 0.1) is 13.8 Å². The molecule has 0 aliphatic carbocycles. The molecule has 7 heteroatoms. The molecule has 0 aliphatic rings. The van der Waals surface area contributed by atoms with Gasteiger partial charge in [0.2, 0.25) is 5.91 Å². The Bertz CT molecular complexity index is 1150. The number of carbonyl (C=O) groups is 1. The highest BCUT2D eigenvalue weighted by atomic mass is 79.9. The maximum atomic E-state index is 12.3. The molecule has 0 radical (unpaired) electrons. The van der Waals surface area contributed by atoms with E-state index in [-0.39, 0.29) is 12.3 Å². The number of ether oxygens (including phenoxy) is 2. The minimum absolute atomic E-state index is 0.168. The summed E-state index contributed by atoms with van der Waals surface area (Å²) in [6, 6.07) is 17.8. The highest BCUT2D eigenvalue weighted by Gasteiger charge is 2.12.